The van der Waals surface area contributed by atoms with Crippen LogP contribution in [0.5, 0.6) is 5.75 Å². The van der Waals surface area contributed by atoms with E-state index in [0.717, 1.165) is 58.2 Å². The normalized spacial score (nSPS) is 28.4. The van der Waals surface area contributed by atoms with E-state index in [1.165, 1.54) is 5.56 Å². The van der Waals surface area contributed by atoms with Gasteiger partial charge in [0.1, 0.15) is 11.4 Å². The van der Waals surface area contributed by atoms with Crippen LogP contribution in [-0.2, 0) is 16.0 Å². The molecule has 5 heteroatoms. The molecule has 2 fully saturated rings. The SMILES string of the molecule is COc1ccc(CN2CCOC[C@@]3(C[C@H](CN(C)C)CO3)C2)cc1. The Balaban J connectivity index is 1.62. The molecule has 1 spiro atoms. The number of ether oxygens (including phenoxy) is 3. The van der Waals surface area contributed by atoms with Crippen LogP contribution in [0, 0.1) is 5.92 Å². The standard InChI is InChI=1S/C19H30N2O3/c1-20(2)11-17-10-19(24-13-17)14-21(8-9-23-15-19)12-16-4-6-18(22-3)7-5-16/h4-7,17H,8-15H2,1-3H3/t17-,19-/m1/s1. The molecule has 3 rings (SSSR count). The molecular formula is C19H30N2O3. The number of hydrogen-bond acceptors (Lipinski definition) is 5. The minimum absolute atomic E-state index is 0.135. The summed E-state index contributed by atoms with van der Waals surface area (Å²) in [5, 5.41) is 0. The minimum atomic E-state index is -0.135. The average molecular weight is 334 g/mol. The Morgan fingerprint density at radius 2 is 2.08 bits per heavy atom. The molecule has 1 aromatic rings. The van der Waals surface area contributed by atoms with Crippen molar-refractivity contribution in [3.05, 3.63) is 29.8 Å². The van der Waals surface area contributed by atoms with Crippen LogP contribution in [-0.4, -0.2) is 76.1 Å². The zero-order valence-corrected chi connectivity index (χ0v) is 15.2. The van der Waals surface area contributed by atoms with Gasteiger partial charge >= 0.3 is 0 Å². The Kier molecular flexibility index (Phi) is 5.76. The van der Waals surface area contributed by atoms with Gasteiger partial charge in [0.05, 0.1) is 26.9 Å². The van der Waals surface area contributed by atoms with E-state index in [4.69, 9.17) is 14.2 Å². The van der Waals surface area contributed by atoms with E-state index in [2.05, 4.69) is 36.0 Å². The zero-order chi connectivity index (χ0) is 17.0. The van der Waals surface area contributed by atoms with Crippen LogP contribution in [0.1, 0.15) is 12.0 Å². The van der Waals surface area contributed by atoms with Crippen molar-refractivity contribution < 1.29 is 14.2 Å². The Bertz CT molecular complexity index is 520. The van der Waals surface area contributed by atoms with Gasteiger partial charge in [-0.25, -0.2) is 0 Å². The quantitative estimate of drug-likeness (QED) is 0.821. The summed E-state index contributed by atoms with van der Waals surface area (Å²) < 4.78 is 17.4. The summed E-state index contributed by atoms with van der Waals surface area (Å²) in [4.78, 5) is 4.71. The van der Waals surface area contributed by atoms with Gasteiger partial charge in [-0.3, -0.25) is 4.90 Å². The minimum Gasteiger partial charge on any atom is -0.497 e. The second-order valence-electron chi connectivity index (χ2n) is 7.44. The summed E-state index contributed by atoms with van der Waals surface area (Å²) in [7, 11) is 5.96. The lowest BCUT2D eigenvalue weighted by Crippen LogP contribution is -2.44. The number of hydrogen-bond donors (Lipinski definition) is 0. The summed E-state index contributed by atoms with van der Waals surface area (Å²) in [6.45, 7) is 6.25. The van der Waals surface area contributed by atoms with E-state index < -0.39 is 0 Å². The molecule has 24 heavy (non-hydrogen) atoms. The first-order valence-electron chi connectivity index (χ1n) is 8.80. The van der Waals surface area contributed by atoms with Gasteiger partial charge in [-0.2, -0.15) is 0 Å². The van der Waals surface area contributed by atoms with Crippen LogP contribution >= 0.6 is 0 Å². The molecule has 0 N–H and O–H groups in total. The smallest absolute Gasteiger partial charge is 0.118 e. The maximum atomic E-state index is 6.27. The molecule has 0 aromatic heterocycles. The highest BCUT2D eigenvalue weighted by Crippen LogP contribution is 2.33. The van der Waals surface area contributed by atoms with Crippen molar-refractivity contribution >= 4 is 0 Å². The van der Waals surface area contributed by atoms with Gasteiger partial charge in [-0.05, 0) is 44.1 Å². The number of rotatable bonds is 5. The fraction of sp³-hybridized carbons (Fsp3) is 0.684. The molecule has 0 unspecified atom stereocenters. The molecule has 134 valence electrons. The lowest BCUT2D eigenvalue weighted by Gasteiger charge is -2.31. The van der Waals surface area contributed by atoms with Gasteiger partial charge in [-0.1, -0.05) is 12.1 Å². The van der Waals surface area contributed by atoms with Crippen molar-refractivity contribution in [2.75, 3.05) is 60.7 Å². The first kappa shape index (κ1) is 17.7. The third-order valence-electron chi connectivity index (χ3n) is 4.90. The Morgan fingerprint density at radius 1 is 1.29 bits per heavy atom. The molecule has 0 amide bonds. The maximum Gasteiger partial charge on any atom is 0.118 e. The number of methoxy groups -OCH3 is 1. The van der Waals surface area contributed by atoms with Crippen molar-refractivity contribution in [2.24, 2.45) is 5.92 Å². The third-order valence-corrected chi connectivity index (χ3v) is 4.90. The molecule has 2 aliphatic heterocycles. The van der Waals surface area contributed by atoms with E-state index in [1.807, 2.05) is 12.1 Å². The van der Waals surface area contributed by atoms with E-state index in [1.54, 1.807) is 7.11 Å². The van der Waals surface area contributed by atoms with E-state index in [9.17, 15) is 0 Å². The van der Waals surface area contributed by atoms with E-state index >= 15 is 0 Å². The Morgan fingerprint density at radius 3 is 2.79 bits per heavy atom. The molecular weight excluding hydrogens is 304 g/mol. The molecule has 2 atom stereocenters. The van der Waals surface area contributed by atoms with Gasteiger partial charge in [0, 0.05) is 26.2 Å². The van der Waals surface area contributed by atoms with Crippen LogP contribution in [0.3, 0.4) is 0 Å². The molecule has 2 heterocycles. The Hall–Kier alpha value is -1.14. The highest BCUT2D eigenvalue weighted by atomic mass is 16.5. The van der Waals surface area contributed by atoms with Gasteiger partial charge in [0.25, 0.3) is 0 Å². The Labute approximate surface area is 145 Å². The average Bonchev–Trinajstić information content (AvgIpc) is 2.82. The van der Waals surface area contributed by atoms with E-state index in [-0.39, 0.29) is 5.60 Å². The highest BCUT2D eigenvalue weighted by Gasteiger charge is 2.43. The van der Waals surface area contributed by atoms with Crippen LogP contribution in [0.4, 0.5) is 0 Å². The largest absolute Gasteiger partial charge is 0.497 e. The molecule has 0 saturated carbocycles. The molecule has 2 aliphatic rings. The monoisotopic (exact) mass is 334 g/mol. The van der Waals surface area contributed by atoms with Gasteiger partial charge in [-0.15, -0.1) is 0 Å². The maximum absolute atomic E-state index is 6.27. The third kappa shape index (κ3) is 4.48. The lowest BCUT2D eigenvalue weighted by molar-refractivity contribution is -0.0563. The highest BCUT2D eigenvalue weighted by molar-refractivity contribution is 5.27. The van der Waals surface area contributed by atoms with Crippen LogP contribution < -0.4 is 4.74 Å². The predicted molar refractivity (Wildman–Crippen MR) is 94.4 cm³/mol. The van der Waals surface area contributed by atoms with Crippen molar-refractivity contribution in [3.8, 4) is 5.75 Å². The topological polar surface area (TPSA) is 34.2 Å². The van der Waals surface area contributed by atoms with Crippen LogP contribution in [0.15, 0.2) is 24.3 Å². The lowest BCUT2D eigenvalue weighted by atomic mass is 9.94. The molecule has 1 aromatic carbocycles. The summed E-state index contributed by atoms with van der Waals surface area (Å²) in [5.74, 6) is 1.50. The first-order chi connectivity index (χ1) is 11.6. The van der Waals surface area contributed by atoms with Crippen LogP contribution in [0.2, 0.25) is 0 Å². The van der Waals surface area contributed by atoms with Crippen molar-refractivity contribution in [2.45, 2.75) is 18.6 Å². The summed E-state index contributed by atoms with van der Waals surface area (Å²) in [6, 6.07) is 8.33. The molecule has 0 aliphatic carbocycles. The van der Waals surface area contributed by atoms with Gasteiger partial charge in [0.2, 0.25) is 0 Å². The molecule has 2 saturated heterocycles. The van der Waals surface area contributed by atoms with Crippen molar-refractivity contribution in [1.82, 2.24) is 9.80 Å². The second-order valence-corrected chi connectivity index (χ2v) is 7.44. The summed E-state index contributed by atoms with van der Waals surface area (Å²) in [6.07, 6.45) is 1.09. The van der Waals surface area contributed by atoms with Crippen molar-refractivity contribution in [3.63, 3.8) is 0 Å². The first-order valence-corrected chi connectivity index (χ1v) is 8.80. The van der Waals surface area contributed by atoms with Gasteiger partial charge < -0.3 is 19.1 Å². The molecule has 0 bridgehead atoms. The fourth-order valence-corrected chi connectivity index (χ4v) is 3.89. The molecule has 0 radical (unpaired) electrons. The predicted octanol–water partition coefficient (Wildman–Crippen LogP) is 1.86. The summed E-state index contributed by atoms with van der Waals surface area (Å²) in [5.41, 5.74) is 1.17. The number of benzene rings is 1. The van der Waals surface area contributed by atoms with Crippen molar-refractivity contribution in [1.29, 1.82) is 0 Å². The zero-order valence-electron chi connectivity index (χ0n) is 15.2. The number of nitrogens with zero attached hydrogens (tertiary/aromatic N) is 2. The van der Waals surface area contributed by atoms with E-state index in [0.29, 0.717) is 5.92 Å². The second kappa shape index (κ2) is 7.83. The molecule has 5 nitrogen and oxygen atoms in total. The van der Waals surface area contributed by atoms with Gasteiger partial charge in [0.15, 0.2) is 0 Å². The fourth-order valence-electron chi connectivity index (χ4n) is 3.89. The van der Waals surface area contributed by atoms with Crippen LogP contribution in [0.25, 0.3) is 0 Å². The summed E-state index contributed by atoms with van der Waals surface area (Å²) >= 11 is 0.